The second-order valence-electron chi connectivity index (χ2n) is 5.55. The lowest BCUT2D eigenvalue weighted by molar-refractivity contribution is 0.841. The monoisotopic (exact) mass is 282 g/mol. The van der Waals surface area contributed by atoms with E-state index in [0.29, 0.717) is 0 Å². The van der Waals surface area contributed by atoms with Gasteiger partial charge in [-0.15, -0.1) is 0 Å². The Morgan fingerprint density at radius 2 is 1.33 bits per heavy atom. The van der Waals surface area contributed by atoms with E-state index < -0.39 is 7.38 Å². The van der Waals surface area contributed by atoms with Crippen LogP contribution in [0.5, 0.6) is 0 Å². The van der Waals surface area contributed by atoms with E-state index in [-0.39, 0.29) is 0 Å². The minimum atomic E-state index is -1.76. The van der Waals surface area contributed by atoms with Crippen molar-refractivity contribution >= 4 is 23.6 Å². The van der Waals surface area contributed by atoms with E-state index in [1.54, 1.807) is 0 Å². The summed E-state index contributed by atoms with van der Waals surface area (Å²) in [4.78, 5) is 0. The van der Waals surface area contributed by atoms with Crippen LogP contribution < -0.4 is 5.19 Å². The zero-order valence-electron chi connectivity index (χ0n) is 12.4. The van der Waals surface area contributed by atoms with Crippen LogP contribution in [0.25, 0.3) is 0 Å². The van der Waals surface area contributed by atoms with Crippen LogP contribution in [-0.2, 0) is 0 Å². The molecule has 1 aromatic carbocycles. The molecule has 18 heavy (non-hydrogen) atoms. The third kappa shape index (κ3) is 4.44. The van der Waals surface area contributed by atoms with Crippen molar-refractivity contribution in [3.8, 4) is 0 Å². The average Bonchev–Trinajstić information content (AvgIpc) is 2.32. The normalized spacial score (nSPS) is 11.8. The second kappa shape index (κ2) is 7.35. The highest BCUT2D eigenvalue weighted by atomic mass is 35.6. The van der Waals surface area contributed by atoms with Gasteiger partial charge in [-0.2, -0.15) is 11.1 Å². The van der Waals surface area contributed by atoms with Crippen LogP contribution in [-0.4, -0.2) is 7.38 Å². The molecule has 0 unspecified atom stereocenters. The van der Waals surface area contributed by atoms with Crippen LogP contribution >= 0.6 is 11.1 Å². The van der Waals surface area contributed by atoms with Crippen LogP contribution in [0.2, 0.25) is 12.1 Å². The molecule has 0 N–H and O–H groups in total. The summed E-state index contributed by atoms with van der Waals surface area (Å²) >= 11 is 7.11. The first-order chi connectivity index (χ1) is 8.51. The second-order valence-corrected chi connectivity index (χ2v) is 11.2. The molecule has 0 aliphatic heterocycles. The molecule has 102 valence electrons. The maximum atomic E-state index is 7.11. The first kappa shape index (κ1) is 15.8. The van der Waals surface area contributed by atoms with Gasteiger partial charge in [-0.1, -0.05) is 68.9 Å². The predicted octanol–water partition coefficient (Wildman–Crippen LogP) is 5.29. The Morgan fingerprint density at radius 3 is 1.72 bits per heavy atom. The van der Waals surface area contributed by atoms with Gasteiger partial charge in [0, 0.05) is 0 Å². The zero-order chi connectivity index (χ0) is 13.6. The maximum absolute atomic E-state index is 7.11. The van der Waals surface area contributed by atoms with E-state index in [1.165, 1.54) is 54.1 Å². The number of halogens is 1. The van der Waals surface area contributed by atoms with Crippen LogP contribution in [0.1, 0.15) is 50.7 Å². The molecule has 0 aliphatic carbocycles. The van der Waals surface area contributed by atoms with Gasteiger partial charge in [-0.05, 0) is 31.1 Å². The molecule has 1 aromatic rings. The largest absolute Gasteiger partial charge is 0.186 e. The Hall–Kier alpha value is -0.273. The lowest BCUT2D eigenvalue weighted by atomic mass is 10.2. The lowest BCUT2D eigenvalue weighted by Gasteiger charge is -2.26. The van der Waals surface area contributed by atoms with E-state index in [0.717, 1.165) is 0 Å². The molecule has 0 spiro atoms. The standard InChI is InChI=1S/C16H27ClSi/c1-5-7-9-18(17,10-8-6-2)16-12-14(3)11-15(4)13-16/h11-13H,5-10H2,1-4H3. The van der Waals surface area contributed by atoms with Gasteiger partial charge in [0.2, 0.25) is 0 Å². The maximum Gasteiger partial charge on any atom is 0.186 e. The molecule has 0 saturated heterocycles. The van der Waals surface area contributed by atoms with Crippen molar-refractivity contribution in [3.63, 3.8) is 0 Å². The van der Waals surface area contributed by atoms with Crippen molar-refractivity contribution in [2.45, 2.75) is 65.5 Å². The molecule has 0 heterocycles. The molecular formula is C16H27ClSi. The SMILES string of the molecule is CCCC[Si](Cl)(CCCC)c1cc(C)cc(C)c1. The summed E-state index contributed by atoms with van der Waals surface area (Å²) < 4.78 is 0. The Kier molecular flexibility index (Phi) is 6.44. The van der Waals surface area contributed by atoms with Crippen LogP contribution in [0.3, 0.4) is 0 Å². The van der Waals surface area contributed by atoms with Gasteiger partial charge in [0.05, 0.1) is 0 Å². The van der Waals surface area contributed by atoms with E-state index in [1.807, 2.05) is 0 Å². The fourth-order valence-corrected chi connectivity index (χ4v) is 7.32. The van der Waals surface area contributed by atoms with Gasteiger partial charge in [0.25, 0.3) is 0 Å². The molecule has 0 fully saturated rings. The molecule has 0 bridgehead atoms. The van der Waals surface area contributed by atoms with Gasteiger partial charge in [-0.3, -0.25) is 0 Å². The highest BCUT2D eigenvalue weighted by molar-refractivity contribution is 7.27. The summed E-state index contributed by atoms with van der Waals surface area (Å²) in [6.07, 6.45) is 5.04. The van der Waals surface area contributed by atoms with Crippen LogP contribution in [0.15, 0.2) is 18.2 Å². The summed E-state index contributed by atoms with van der Waals surface area (Å²) in [5.41, 5.74) is 2.71. The van der Waals surface area contributed by atoms with E-state index in [9.17, 15) is 0 Å². The minimum absolute atomic E-state index is 1.23. The third-order valence-corrected chi connectivity index (χ3v) is 9.00. The summed E-state index contributed by atoms with van der Waals surface area (Å²) in [6.45, 7) is 8.88. The van der Waals surface area contributed by atoms with Crippen molar-refractivity contribution < 1.29 is 0 Å². The topological polar surface area (TPSA) is 0 Å². The fourth-order valence-electron chi connectivity index (χ4n) is 2.56. The molecule has 0 saturated carbocycles. The molecule has 0 aromatic heterocycles. The quantitative estimate of drug-likeness (QED) is 0.470. The van der Waals surface area contributed by atoms with Crippen molar-refractivity contribution in [3.05, 3.63) is 29.3 Å². The number of hydrogen-bond acceptors (Lipinski definition) is 0. The minimum Gasteiger partial charge on any atom is -0.161 e. The zero-order valence-corrected chi connectivity index (χ0v) is 14.1. The molecule has 1 rings (SSSR count). The predicted molar refractivity (Wildman–Crippen MR) is 86.6 cm³/mol. The number of hydrogen-bond donors (Lipinski definition) is 0. The molecule has 0 radical (unpaired) electrons. The van der Waals surface area contributed by atoms with Crippen LogP contribution in [0, 0.1) is 13.8 Å². The summed E-state index contributed by atoms with van der Waals surface area (Å²) in [5.74, 6) is 0. The van der Waals surface area contributed by atoms with Gasteiger partial charge in [-0.25, -0.2) is 0 Å². The van der Waals surface area contributed by atoms with Crippen molar-refractivity contribution in [2.75, 3.05) is 0 Å². The Balaban J connectivity index is 2.99. The fraction of sp³-hybridized carbons (Fsp3) is 0.625. The van der Waals surface area contributed by atoms with E-state index in [2.05, 4.69) is 45.9 Å². The van der Waals surface area contributed by atoms with Gasteiger partial charge >= 0.3 is 0 Å². The van der Waals surface area contributed by atoms with Crippen molar-refractivity contribution in [2.24, 2.45) is 0 Å². The first-order valence-corrected chi connectivity index (χ1v) is 10.7. The Labute approximate surface area is 118 Å². The van der Waals surface area contributed by atoms with Crippen LogP contribution in [0.4, 0.5) is 0 Å². The molecule has 0 atom stereocenters. The Bertz CT molecular complexity index is 345. The number of benzene rings is 1. The number of aryl methyl sites for hydroxylation is 2. The molecular weight excluding hydrogens is 256 g/mol. The summed E-state index contributed by atoms with van der Waals surface area (Å²) in [5, 5.41) is 1.46. The van der Waals surface area contributed by atoms with Gasteiger partial charge in [0.15, 0.2) is 7.38 Å². The van der Waals surface area contributed by atoms with Crippen molar-refractivity contribution in [1.29, 1.82) is 0 Å². The highest BCUT2D eigenvalue weighted by Crippen LogP contribution is 2.26. The summed E-state index contributed by atoms with van der Waals surface area (Å²) in [7, 11) is -1.76. The summed E-state index contributed by atoms with van der Waals surface area (Å²) in [6, 6.07) is 9.37. The van der Waals surface area contributed by atoms with E-state index in [4.69, 9.17) is 11.1 Å². The molecule has 0 amide bonds. The van der Waals surface area contributed by atoms with Gasteiger partial charge < -0.3 is 0 Å². The lowest BCUT2D eigenvalue weighted by Crippen LogP contribution is -2.42. The Morgan fingerprint density at radius 1 is 0.889 bits per heavy atom. The molecule has 0 aliphatic rings. The van der Waals surface area contributed by atoms with E-state index >= 15 is 0 Å². The molecule has 2 heteroatoms. The number of unbranched alkanes of at least 4 members (excludes halogenated alkanes) is 2. The van der Waals surface area contributed by atoms with Gasteiger partial charge in [0.1, 0.15) is 0 Å². The average molecular weight is 283 g/mol. The molecule has 0 nitrogen and oxygen atoms in total. The third-order valence-electron chi connectivity index (χ3n) is 3.59. The highest BCUT2D eigenvalue weighted by Gasteiger charge is 2.32. The first-order valence-electron chi connectivity index (χ1n) is 7.29. The van der Waals surface area contributed by atoms with Crippen molar-refractivity contribution in [1.82, 2.24) is 0 Å². The smallest absolute Gasteiger partial charge is 0.161 e. The number of rotatable bonds is 7.